The zero-order valence-electron chi connectivity index (χ0n) is 15.6. The smallest absolute Gasteiger partial charge is 0.339 e. The summed E-state index contributed by atoms with van der Waals surface area (Å²) in [4.78, 5) is -0.00323. The van der Waals surface area contributed by atoms with E-state index in [-0.39, 0.29) is 26.7 Å². The molecule has 0 saturated carbocycles. The largest absolute Gasteiger partial charge is 0.379 e. The van der Waals surface area contributed by atoms with Crippen LogP contribution in [0.15, 0.2) is 52.3 Å². The molecule has 0 aromatic heterocycles. The average Bonchev–Trinajstić information content (AvgIpc) is 2.55. The van der Waals surface area contributed by atoms with Gasteiger partial charge in [0.1, 0.15) is 10.6 Å². The van der Waals surface area contributed by atoms with Gasteiger partial charge in [0, 0.05) is 0 Å². The molecule has 0 aliphatic rings. The minimum atomic E-state index is -4.05. The van der Waals surface area contributed by atoms with Gasteiger partial charge in [-0.15, -0.1) is 0 Å². The van der Waals surface area contributed by atoms with E-state index in [9.17, 15) is 16.8 Å². The molecule has 0 atom stereocenters. The molecule has 0 bridgehead atoms. The monoisotopic (exact) mass is 396 g/mol. The van der Waals surface area contributed by atoms with Crippen molar-refractivity contribution in [2.24, 2.45) is 0 Å². The summed E-state index contributed by atoms with van der Waals surface area (Å²) in [7, 11) is -7.43. The second kappa shape index (κ2) is 7.04. The Balaban J connectivity index is 2.32. The SMILES string of the molecule is CCS(=O)(=O)c1ccc(S(=O)(=O)Oc2ccc(C(C)(C)C)cc2C)cc1. The summed E-state index contributed by atoms with van der Waals surface area (Å²) >= 11 is 0. The number of aryl methyl sites for hydroxylation is 1. The fourth-order valence-electron chi connectivity index (χ4n) is 2.36. The Kier molecular flexibility index (Phi) is 5.54. The van der Waals surface area contributed by atoms with Gasteiger partial charge in [0.05, 0.1) is 10.6 Å². The quantitative estimate of drug-likeness (QED) is 0.717. The van der Waals surface area contributed by atoms with E-state index in [4.69, 9.17) is 4.18 Å². The first-order chi connectivity index (χ1) is 11.9. The fourth-order valence-corrected chi connectivity index (χ4v) is 4.23. The van der Waals surface area contributed by atoms with E-state index >= 15 is 0 Å². The van der Waals surface area contributed by atoms with Gasteiger partial charge in [-0.25, -0.2) is 8.42 Å². The molecule has 26 heavy (non-hydrogen) atoms. The lowest BCUT2D eigenvalue weighted by Gasteiger charge is -2.20. The van der Waals surface area contributed by atoms with Crippen molar-refractivity contribution in [1.82, 2.24) is 0 Å². The van der Waals surface area contributed by atoms with Crippen LogP contribution in [0.2, 0.25) is 0 Å². The van der Waals surface area contributed by atoms with E-state index in [0.717, 1.165) is 5.56 Å². The normalized spacial score (nSPS) is 12.8. The van der Waals surface area contributed by atoms with Crippen molar-refractivity contribution >= 4 is 20.0 Å². The van der Waals surface area contributed by atoms with Gasteiger partial charge in [-0.05, 0) is 53.8 Å². The summed E-state index contributed by atoms with van der Waals surface area (Å²) in [6.45, 7) is 9.55. The summed E-state index contributed by atoms with van der Waals surface area (Å²) < 4.78 is 53.9. The first-order valence-corrected chi connectivity index (χ1v) is 11.3. The van der Waals surface area contributed by atoms with Crippen molar-refractivity contribution in [3.63, 3.8) is 0 Å². The van der Waals surface area contributed by atoms with Crippen LogP contribution in [0.4, 0.5) is 0 Å². The molecule has 0 saturated heterocycles. The molecule has 0 N–H and O–H groups in total. The predicted octanol–water partition coefficient (Wildman–Crippen LogP) is 3.85. The Morgan fingerprint density at radius 3 is 1.88 bits per heavy atom. The minimum absolute atomic E-state index is 0.0467. The highest BCUT2D eigenvalue weighted by molar-refractivity contribution is 7.91. The third-order valence-corrected chi connectivity index (χ3v) is 7.09. The molecule has 0 unspecified atom stereocenters. The van der Waals surface area contributed by atoms with Crippen molar-refractivity contribution < 1.29 is 21.0 Å². The maximum atomic E-state index is 12.5. The zero-order chi connectivity index (χ0) is 19.8. The Morgan fingerprint density at radius 1 is 0.885 bits per heavy atom. The van der Waals surface area contributed by atoms with Gasteiger partial charge in [0.15, 0.2) is 9.84 Å². The van der Waals surface area contributed by atoms with Crippen LogP contribution in [0.5, 0.6) is 5.75 Å². The molecule has 0 radical (unpaired) electrons. The number of sulfone groups is 1. The number of benzene rings is 2. The number of rotatable bonds is 5. The van der Waals surface area contributed by atoms with E-state index < -0.39 is 20.0 Å². The molecule has 2 aromatic carbocycles. The Bertz CT molecular complexity index is 997. The summed E-state index contributed by atoms with van der Waals surface area (Å²) in [6, 6.07) is 10.4. The molecule has 7 heteroatoms. The lowest BCUT2D eigenvalue weighted by Crippen LogP contribution is -2.13. The highest BCUT2D eigenvalue weighted by Crippen LogP contribution is 2.29. The third-order valence-electron chi connectivity index (χ3n) is 4.09. The summed E-state index contributed by atoms with van der Waals surface area (Å²) in [6.07, 6.45) is 0. The molecule has 2 aromatic rings. The van der Waals surface area contributed by atoms with Crippen molar-refractivity contribution in [3.05, 3.63) is 53.6 Å². The third kappa shape index (κ3) is 4.45. The van der Waals surface area contributed by atoms with Crippen LogP contribution >= 0.6 is 0 Å². The lowest BCUT2D eigenvalue weighted by molar-refractivity contribution is 0.483. The maximum Gasteiger partial charge on any atom is 0.339 e. The van der Waals surface area contributed by atoms with Gasteiger partial charge >= 0.3 is 10.1 Å². The van der Waals surface area contributed by atoms with Crippen molar-refractivity contribution in [2.45, 2.75) is 49.8 Å². The molecular weight excluding hydrogens is 372 g/mol. The van der Waals surface area contributed by atoms with Crippen LogP contribution in [-0.2, 0) is 25.4 Å². The van der Waals surface area contributed by atoms with E-state index in [1.54, 1.807) is 13.0 Å². The second-order valence-electron chi connectivity index (χ2n) is 7.14. The van der Waals surface area contributed by atoms with Gasteiger partial charge in [-0.1, -0.05) is 39.8 Å². The Morgan fingerprint density at radius 2 is 1.42 bits per heavy atom. The van der Waals surface area contributed by atoms with Crippen LogP contribution in [0.3, 0.4) is 0 Å². The second-order valence-corrected chi connectivity index (χ2v) is 11.0. The Hall–Kier alpha value is -1.86. The molecule has 0 fully saturated rings. The molecular formula is C19H24O5S2. The standard InChI is InChI=1S/C19H24O5S2/c1-6-25(20,21)16-8-10-17(11-9-16)26(22,23)24-18-12-7-15(13-14(18)2)19(3,4)5/h7-13H,6H2,1-5H3. The van der Waals surface area contributed by atoms with E-state index in [1.807, 2.05) is 12.1 Å². The molecule has 142 valence electrons. The number of hydrogen-bond acceptors (Lipinski definition) is 5. The van der Waals surface area contributed by atoms with E-state index in [1.165, 1.54) is 31.2 Å². The van der Waals surface area contributed by atoms with Crippen LogP contribution < -0.4 is 4.18 Å². The van der Waals surface area contributed by atoms with Gasteiger partial charge in [-0.3, -0.25) is 0 Å². The predicted molar refractivity (Wildman–Crippen MR) is 102 cm³/mol. The first-order valence-electron chi connectivity index (χ1n) is 8.25. The van der Waals surface area contributed by atoms with Crippen LogP contribution in [0.25, 0.3) is 0 Å². The topological polar surface area (TPSA) is 77.5 Å². The van der Waals surface area contributed by atoms with Gasteiger partial charge < -0.3 is 4.18 Å². The average molecular weight is 397 g/mol. The molecule has 0 spiro atoms. The summed E-state index contributed by atoms with van der Waals surface area (Å²) in [5.74, 6) is 0.206. The van der Waals surface area contributed by atoms with E-state index in [0.29, 0.717) is 5.56 Å². The summed E-state index contributed by atoms with van der Waals surface area (Å²) in [5.41, 5.74) is 1.74. The Labute approximate surface area is 156 Å². The molecule has 5 nitrogen and oxygen atoms in total. The fraction of sp³-hybridized carbons (Fsp3) is 0.368. The highest BCUT2D eigenvalue weighted by Gasteiger charge is 2.21. The van der Waals surface area contributed by atoms with Crippen molar-refractivity contribution in [1.29, 1.82) is 0 Å². The van der Waals surface area contributed by atoms with Crippen LogP contribution in [0, 0.1) is 6.92 Å². The van der Waals surface area contributed by atoms with Crippen LogP contribution in [0.1, 0.15) is 38.8 Å². The molecule has 0 heterocycles. The summed E-state index contributed by atoms with van der Waals surface area (Å²) in [5, 5.41) is 0. The molecule has 0 aliphatic heterocycles. The first kappa shape index (κ1) is 20.5. The maximum absolute atomic E-state index is 12.5. The molecule has 2 rings (SSSR count). The van der Waals surface area contributed by atoms with E-state index in [2.05, 4.69) is 20.8 Å². The van der Waals surface area contributed by atoms with Gasteiger partial charge in [0.2, 0.25) is 0 Å². The lowest BCUT2D eigenvalue weighted by atomic mass is 9.86. The molecule has 0 amide bonds. The van der Waals surface area contributed by atoms with Gasteiger partial charge in [-0.2, -0.15) is 8.42 Å². The highest BCUT2D eigenvalue weighted by atomic mass is 32.2. The van der Waals surface area contributed by atoms with Crippen LogP contribution in [-0.4, -0.2) is 22.6 Å². The number of hydrogen-bond donors (Lipinski definition) is 0. The van der Waals surface area contributed by atoms with Crippen molar-refractivity contribution in [2.75, 3.05) is 5.75 Å². The van der Waals surface area contributed by atoms with Gasteiger partial charge in [0.25, 0.3) is 0 Å². The minimum Gasteiger partial charge on any atom is -0.379 e. The van der Waals surface area contributed by atoms with Crippen molar-refractivity contribution in [3.8, 4) is 5.75 Å². The molecule has 0 aliphatic carbocycles. The zero-order valence-corrected chi connectivity index (χ0v) is 17.2.